The van der Waals surface area contributed by atoms with Crippen LogP contribution in [0.4, 0.5) is 17.3 Å². The third kappa shape index (κ3) is 4.50. The number of hydrogen-bond donors (Lipinski definition) is 2. The quantitative estimate of drug-likeness (QED) is 0.441. The number of methoxy groups -OCH3 is 2. The van der Waals surface area contributed by atoms with Gasteiger partial charge in [-0.2, -0.15) is 4.98 Å². The summed E-state index contributed by atoms with van der Waals surface area (Å²) in [5.41, 5.74) is 10.9. The van der Waals surface area contributed by atoms with E-state index in [0.717, 1.165) is 42.3 Å². The molecule has 9 heteroatoms. The van der Waals surface area contributed by atoms with E-state index in [2.05, 4.69) is 34.4 Å². The predicted octanol–water partition coefficient (Wildman–Crippen LogP) is 3.17. The molecule has 1 aliphatic heterocycles. The SMILES string of the molecule is COc1ccc(Cn2c(=O)cc(N)c3cnc(Nc4cc5c(cc4OC)CCN(C)C5)nc32)cc1. The lowest BCUT2D eigenvalue weighted by Crippen LogP contribution is -2.26. The first-order valence-corrected chi connectivity index (χ1v) is 11.4. The smallest absolute Gasteiger partial charge is 0.254 e. The molecule has 2 aromatic carbocycles. The molecule has 0 amide bonds. The van der Waals surface area contributed by atoms with Crippen molar-refractivity contribution in [1.29, 1.82) is 0 Å². The minimum atomic E-state index is -0.232. The Balaban J connectivity index is 1.54. The number of anilines is 3. The van der Waals surface area contributed by atoms with Gasteiger partial charge in [0.15, 0.2) is 5.65 Å². The van der Waals surface area contributed by atoms with E-state index in [1.807, 2.05) is 24.3 Å². The van der Waals surface area contributed by atoms with Crippen molar-refractivity contribution in [3.63, 3.8) is 0 Å². The Morgan fingerprint density at radius 2 is 1.89 bits per heavy atom. The molecule has 180 valence electrons. The van der Waals surface area contributed by atoms with Gasteiger partial charge >= 0.3 is 0 Å². The normalized spacial score (nSPS) is 13.5. The third-order valence-electron chi connectivity index (χ3n) is 6.35. The minimum absolute atomic E-state index is 0.232. The van der Waals surface area contributed by atoms with Crippen LogP contribution in [-0.4, -0.2) is 47.2 Å². The van der Waals surface area contributed by atoms with E-state index in [4.69, 9.17) is 20.2 Å². The van der Waals surface area contributed by atoms with E-state index >= 15 is 0 Å². The number of likely N-dealkylation sites (N-methyl/N-ethyl adjacent to an activating group) is 1. The summed E-state index contributed by atoms with van der Waals surface area (Å²) in [4.78, 5) is 24.3. The van der Waals surface area contributed by atoms with Crippen molar-refractivity contribution >= 4 is 28.4 Å². The zero-order valence-corrected chi connectivity index (χ0v) is 20.0. The van der Waals surface area contributed by atoms with Crippen LogP contribution in [0.25, 0.3) is 11.0 Å². The van der Waals surface area contributed by atoms with Crippen LogP contribution >= 0.6 is 0 Å². The highest BCUT2D eigenvalue weighted by atomic mass is 16.5. The van der Waals surface area contributed by atoms with E-state index in [9.17, 15) is 4.79 Å². The van der Waals surface area contributed by atoms with Crippen LogP contribution in [0.1, 0.15) is 16.7 Å². The monoisotopic (exact) mass is 472 g/mol. The summed E-state index contributed by atoms with van der Waals surface area (Å²) < 4.78 is 12.5. The first-order chi connectivity index (χ1) is 16.9. The molecule has 0 atom stereocenters. The third-order valence-corrected chi connectivity index (χ3v) is 6.35. The Bertz CT molecular complexity index is 1450. The van der Waals surface area contributed by atoms with Gasteiger partial charge in [0, 0.05) is 31.0 Å². The molecule has 0 bridgehead atoms. The van der Waals surface area contributed by atoms with Gasteiger partial charge in [0.05, 0.1) is 31.8 Å². The highest BCUT2D eigenvalue weighted by Crippen LogP contribution is 2.33. The molecule has 0 saturated heterocycles. The summed E-state index contributed by atoms with van der Waals surface area (Å²) >= 11 is 0. The van der Waals surface area contributed by atoms with E-state index in [1.54, 1.807) is 25.0 Å². The number of pyridine rings is 1. The first kappa shape index (κ1) is 22.7. The van der Waals surface area contributed by atoms with Crippen LogP contribution in [0, 0.1) is 0 Å². The van der Waals surface area contributed by atoms with Crippen LogP contribution < -0.4 is 26.1 Å². The van der Waals surface area contributed by atoms with Crippen LogP contribution in [0.2, 0.25) is 0 Å². The number of benzene rings is 2. The molecule has 2 aromatic heterocycles. The van der Waals surface area contributed by atoms with Crippen LogP contribution in [0.15, 0.2) is 53.5 Å². The molecule has 9 nitrogen and oxygen atoms in total. The maximum absolute atomic E-state index is 12.9. The maximum Gasteiger partial charge on any atom is 0.254 e. The number of rotatable bonds is 6. The predicted molar refractivity (Wildman–Crippen MR) is 137 cm³/mol. The molecule has 3 N–H and O–H groups in total. The molecule has 0 aliphatic carbocycles. The number of nitrogens with one attached hydrogen (secondary N) is 1. The summed E-state index contributed by atoms with van der Waals surface area (Å²) in [5.74, 6) is 1.83. The Hall–Kier alpha value is -4.11. The van der Waals surface area contributed by atoms with Gasteiger partial charge in [-0.15, -0.1) is 0 Å². The van der Waals surface area contributed by atoms with E-state index in [1.165, 1.54) is 17.2 Å². The Morgan fingerprint density at radius 1 is 1.09 bits per heavy atom. The average Bonchev–Trinajstić information content (AvgIpc) is 2.86. The summed E-state index contributed by atoms with van der Waals surface area (Å²) in [5, 5.41) is 3.90. The molecule has 0 radical (unpaired) electrons. The number of ether oxygens (including phenoxy) is 2. The molecule has 0 saturated carbocycles. The first-order valence-electron chi connectivity index (χ1n) is 11.4. The fraction of sp³-hybridized carbons (Fsp3) is 0.269. The van der Waals surface area contributed by atoms with Gasteiger partial charge in [0.25, 0.3) is 5.56 Å². The second-order valence-corrected chi connectivity index (χ2v) is 8.74. The average molecular weight is 473 g/mol. The lowest BCUT2D eigenvalue weighted by Gasteiger charge is -2.26. The van der Waals surface area contributed by atoms with Gasteiger partial charge in [0.2, 0.25) is 5.95 Å². The van der Waals surface area contributed by atoms with Gasteiger partial charge in [-0.25, -0.2) is 4.98 Å². The van der Waals surface area contributed by atoms with Gasteiger partial charge in [0.1, 0.15) is 11.5 Å². The van der Waals surface area contributed by atoms with Gasteiger partial charge < -0.3 is 25.4 Å². The number of nitrogens with zero attached hydrogens (tertiary/aromatic N) is 4. The zero-order valence-electron chi connectivity index (χ0n) is 20.0. The van der Waals surface area contributed by atoms with Crippen molar-refractivity contribution in [2.24, 2.45) is 0 Å². The van der Waals surface area contributed by atoms with E-state index < -0.39 is 0 Å². The number of nitrogen functional groups attached to an aromatic ring is 1. The second kappa shape index (κ2) is 9.27. The van der Waals surface area contributed by atoms with Crippen molar-refractivity contribution in [1.82, 2.24) is 19.4 Å². The summed E-state index contributed by atoms with van der Waals surface area (Å²) in [6.07, 6.45) is 2.62. The molecule has 35 heavy (non-hydrogen) atoms. The molecule has 5 rings (SSSR count). The number of nitrogens with two attached hydrogens (primary N) is 1. The number of fused-ring (bicyclic) bond motifs is 2. The molecule has 0 spiro atoms. The van der Waals surface area contributed by atoms with Gasteiger partial charge in [-0.05, 0) is 54.4 Å². The largest absolute Gasteiger partial charge is 0.497 e. The minimum Gasteiger partial charge on any atom is -0.497 e. The van der Waals surface area contributed by atoms with Crippen LogP contribution in [0.5, 0.6) is 11.5 Å². The lowest BCUT2D eigenvalue weighted by atomic mass is 9.99. The van der Waals surface area contributed by atoms with Crippen molar-refractivity contribution in [2.75, 3.05) is 38.9 Å². The number of aromatic nitrogens is 3. The van der Waals surface area contributed by atoms with E-state index in [-0.39, 0.29) is 5.56 Å². The molecule has 4 aromatic rings. The fourth-order valence-corrected chi connectivity index (χ4v) is 4.42. The molecule has 1 aliphatic rings. The Morgan fingerprint density at radius 3 is 2.63 bits per heavy atom. The molecule has 0 unspecified atom stereocenters. The fourth-order valence-electron chi connectivity index (χ4n) is 4.42. The van der Waals surface area contributed by atoms with Crippen LogP contribution in [0.3, 0.4) is 0 Å². The zero-order chi connectivity index (χ0) is 24.5. The summed E-state index contributed by atoms with van der Waals surface area (Å²) in [7, 11) is 5.38. The summed E-state index contributed by atoms with van der Waals surface area (Å²) in [6, 6.07) is 13.1. The number of hydrogen-bond acceptors (Lipinski definition) is 8. The second-order valence-electron chi connectivity index (χ2n) is 8.74. The topological polar surface area (TPSA) is 108 Å². The van der Waals surface area contributed by atoms with Crippen molar-refractivity contribution in [2.45, 2.75) is 19.5 Å². The molecular formula is C26H28N6O3. The molecule has 0 fully saturated rings. The van der Waals surface area contributed by atoms with Crippen molar-refractivity contribution < 1.29 is 9.47 Å². The highest BCUT2D eigenvalue weighted by Gasteiger charge is 2.18. The summed E-state index contributed by atoms with van der Waals surface area (Å²) in [6.45, 7) is 2.22. The van der Waals surface area contributed by atoms with Crippen molar-refractivity contribution in [3.8, 4) is 11.5 Å². The lowest BCUT2D eigenvalue weighted by molar-refractivity contribution is 0.312. The Kier molecular flexibility index (Phi) is 6.00. The van der Waals surface area contributed by atoms with E-state index in [0.29, 0.717) is 29.2 Å². The van der Waals surface area contributed by atoms with Crippen LogP contribution in [-0.2, 0) is 19.5 Å². The maximum atomic E-state index is 12.9. The molecular weight excluding hydrogens is 444 g/mol. The van der Waals surface area contributed by atoms with Gasteiger partial charge in [-0.3, -0.25) is 9.36 Å². The standard InChI is InChI=1S/C26H28N6O3/c1-31-9-8-17-11-23(35-3)22(10-18(17)15-31)29-26-28-13-20-21(27)12-24(33)32(25(20)30-26)14-16-4-6-19(34-2)7-5-16/h4-7,10-13H,8-9,14-15,27H2,1-3H3,(H,28,29,30). The molecule has 3 heterocycles. The van der Waals surface area contributed by atoms with Gasteiger partial charge in [-0.1, -0.05) is 12.1 Å². The van der Waals surface area contributed by atoms with Crippen molar-refractivity contribution in [3.05, 3.63) is 75.7 Å². The Labute approximate surface area is 203 Å². The highest BCUT2D eigenvalue weighted by molar-refractivity contribution is 5.88.